The van der Waals surface area contributed by atoms with Gasteiger partial charge in [0.1, 0.15) is 30.6 Å². The summed E-state index contributed by atoms with van der Waals surface area (Å²) in [5.74, 6) is 1.46. The van der Waals surface area contributed by atoms with Crippen LogP contribution in [0.4, 0.5) is 22.1 Å². The topological polar surface area (TPSA) is 146 Å². The van der Waals surface area contributed by atoms with Gasteiger partial charge in [-0.15, -0.1) is 0 Å². The molecule has 1 atom stereocenters. The monoisotopic (exact) mass is 728 g/mol. The number of carbonyl (C=O) groups is 3. The van der Waals surface area contributed by atoms with Crippen LogP contribution in [0.5, 0.6) is 5.75 Å². The summed E-state index contributed by atoms with van der Waals surface area (Å²) in [6.45, 7) is 10.3. The molecule has 0 saturated heterocycles. The van der Waals surface area contributed by atoms with Crippen LogP contribution in [0.1, 0.15) is 44.5 Å². The van der Waals surface area contributed by atoms with Crippen molar-refractivity contribution in [3.05, 3.63) is 102 Å². The minimum Gasteiger partial charge on any atom is -0.490 e. The van der Waals surface area contributed by atoms with Crippen LogP contribution < -0.4 is 20.7 Å². The standard InChI is InChI=1S/C36H40N6O4.C3H5ClO2/c1-23-11-13-26(14-12-23)42-33(21-31(41-42)36(3,4)5)40-35(44)38-29-15-16-30(28-10-8-7-9-27(28)29)46-24(2)19-25-17-18-37-32(20-25)39-34(43)22-45-6;1-6-2-3(4)5/h7-18,20-21,24H,19,22H2,1-6H3,(H,37,39,43)(H2,38,40,44);2H2,1H3. The van der Waals surface area contributed by atoms with Gasteiger partial charge in [0, 0.05) is 49.1 Å². The Hall–Kier alpha value is -5.30. The van der Waals surface area contributed by atoms with Gasteiger partial charge < -0.3 is 24.8 Å². The molecule has 3 amide bonds. The number of hydrogen-bond donors (Lipinski definition) is 3. The van der Waals surface area contributed by atoms with Gasteiger partial charge >= 0.3 is 6.03 Å². The number of benzene rings is 3. The zero-order chi connectivity index (χ0) is 37.8. The van der Waals surface area contributed by atoms with E-state index in [1.807, 2.05) is 92.7 Å². The number of methoxy groups -OCH3 is 2. The molecular weight excluding hydrogens is 684 g/mol. The fraction of sp³-hybridized carbons (Fsp3) is 0.308. The summed E-state index contributed by atoms with van der Waals surface area (Å²) in [5.41, 5.74) is 4.28. The quantitative estimate of drug-likeness (QED) is 0.111. The molecule has 13 heteroatoms. The Morgan fingerprint density at radius 3 is 2.19 bits per heavy atom. The molecule has 12 nitrogen and oxygen atoms in total. The number of amides is 3. The summed E-state index contributed by atoms with van der Waals surface area (Å²) in [4.78, 5) is 39.2. The van der Waals surface area contributed by atoms with E-state index in [1.54, 1.807) is 10.9 Å². The van der Waals surface area contributed by atoms with Crippen molar-refractivity contribution in [2.24, 2.45) is 0 Å². The van der Waals surface area contributed by atoms with Crippen molar-refractivity contribution in [3.63, 3.8) is 0 Å². The maximum atomic E-state index is 13.4. The Bertz CT molecular complexity index is 1990. The number of fused-ring (bicyclic) bond motifs is 1. The lowest BCUT2D eigenvalue weighted by Crippen LogP contribution is -2.21. The second-order valence-electron chi connectivity index (χ2n) is 13.1. The first-order valence-electron chi connectivity index (χ1n) is 16.6. The fourth-order valence-electron chi connectivity index (χ4n) is 5.16. The molecule has 3 N–H and O–H groups in total. The lowest BCUT2D eigenvalue weighted by Gasteiger charge is -2.18. The normalized spacial score (nSPS) is 11.6. The lowest BCUT2D eigenvalue weighted by atomic mass is 9.92. The molecule has 0 spiro atoms. The maximum absolute atomic E-state index is 13.4. The van der Waals surface area contributed by atoms with Gasteiger partial charge in [0.25, 0.3) is 5.91 Å². The number of aromatic nitrogens is 3. The number of pyridine rings is 1. The van der Waals surface area contributed by atoms with Gasteiger partial charge in [0.2, 0.25) is 5.24 Å². The Morgan fingerprint density at radius 1 is 0.865 bits per heavy atom. The van der Waals surface area contributed by atoms with Crippen molar-refractivity contribution < 1.29 is 28.6 Å². The van der Waals surface area contributed by atoms with Crippen LogP contribution in [0, 0.1) is 6.92 Å². The van der Waals surface area contributed by atoms with E-state index in [9.17, 15) is 14.4 Å². The second-order valence-corrected chi connectivity index (χ2v) is 13.5. The molecular formula is C39H45ClN6O6. The molecule has 0 aliphatic carbocycles. The van der Waals surface area contributed by atoms with Gasteiger partial charge in [-0.05, 0) is 67.4 Å². The van der Waals surface area contributed by atoms with E-state index >= 15 is 0 Å². The molecule has 0 bridgehead atoms. The van der Waals surface area contributed by atoms with Crippen LogP contribution in [-0.2, 0) is 30.9 Å². The number of aryl methyl sites for hydroxylation is 1. The summed E-state index contributed by atoms with van der Waals surface area (Å²) in [7, 11) is 2.88. The Morgan fingerprint density at radius 2 is 1.56 bits per heavy atom. The number of carbonyl (C=O) groups excluding carboxylic acids is 3. The van der Waals surface area contributed by atoms with Crippen LogP contribution in [0.15, 0.2) is 85.1 Å². The van der Waals surface area contributed by atoms with Crippen molar-refractivity contribution in [2.45, 2.75) is 52.6 Å². The SMILES string of the molecule is COCC(=O)Cl.COCC(=O)Nc1cc(CC(C)Oc2ccc(NC(=O)Nc3cc(C(C)(C)C)nn3-c3ccc(C)cc3)c3ccccc23)ccn1. The molecule has 5 rings (SSSR count). The minimum absolute atomic E-state index is 0.00154. The van der Waals surface area contributed by atoms with Crippen LogP contribution in [0.2, 0.25) is 0 Å². The summed E-state index contributed by atoms with van der Waals surface area (Å²) in [5, 5.41) is 14.8. The zero-order valence-electron chi connectivity index (χ0n) is 30.5. The third-order valence-electron chi connectivity index (χ3n) is 7.61. The van der Waals surface area contributed by atoms with E-state index in [0.717, 1.165) is 33.3 Å². The molecule has 52 heavy (non-hydrogen) atoms. The molecule has 5 aromatic rings. The van der Waals surface area contributed by atoms with Crippen LogP contribution in [0.3, 0.4) is 0 Å². The first-order valence-corrected chi connectivity index (χ1v) is 17.0. The highest BCUT2D eigenvalue weighted by Gasteiger charge is 2.22. The van der Waals surface area contributed by atoms with Gasteiger partial charge in [0.05, 0.1) is 23.2 Å². The average Bonchev–Trinajstić information content (AvgIpc) is 3.51. The van der Waals surface area contributed by atoms with Crippen molar-refractivity contribution >= 4 is 56.9 Å². The molecule has 2 aromatic heterocycles. The number of ether oxygens (including phenoxy) is 3. The molecule has 0 aliphatic rings. The summed E-state index contributed by atoms with van der Waals surface area (Å²) >= 11 is 4.81. The summed E-state index contributed by atoms with van der Waals surface area (Å²) in [6.07, 6.45) is 2.07. The predicted octanol–water partition coefficient (Wildman–Crippen LogP) is 7.66. The van der Waals surface area contributed by atoms with Crippen molar-refractivity contribution in [1.82, 2.24) is 14.8 Å². The molecule has 0 radical (unpaired) electrons. The first kappa shape index (κ1) is 39.5. The molecule has 0 fully saturated rings. The predicted molar refractivity (Wildman–Crippen MR) is 205 cm³/mol. The van der Waals surface area contributed by atoms with Gasteiger partial charge in [-0.3, -0.25) is 14.9 Å². The Kier molecular flexibility index (Phi) is 13.9. The van der Waals surface area contributed by atoms with E-state index in [1.165, 1.54) is 14.2 Å². The Labute approximate surface area is 308 Å². The zero-order valence-corrected chi connectivity index (χ0v) is 31.2. The molecule has 0 aliphatic heterocycles. The highest BCUT2D eigenvalue weighted by Crippen LogP contribution is 2.33. The van der Waals surface area contributed by atoms with E-state index in [4.69, 9.17) is 26.2 Å². The fourth-order valence-corrected chi connectivity index (χ4v) is 5.27. The van der Waals surface area contributed by atoms with E-state index in [0.29, 0.717) is 29.5 Å². The number of urea groups is 1. The van der Waals surface area contributed by atoms with Crippen LogP contribution >= 0.6 is 11.6 Å². The lowest BCUT2D eigenvalue weighted by molar-refractivity contribution is -0.119. The van der Waals surface area contributed by atoms with Gasteiger partial charge in [-0.2, -0.15) is 5.10 Å². The van der Waals surface area contributed by atoms with Gasteiger partial charge in [0.15, 0.2) is 0 Å². The van der Waals surface area contributed by atoms with Crippen LogP contribution in [-0.4, -0.2) is 65.5 Å². The Balaban J connectivity index is 0.000000929. The second kappa shape index (κ2) is 18.3. The minimum atomic E-state index is -0.461. The van der Waals surface area contributed by atoms with Crippen molar-refractivity contribution in [1.29, 1.82) is 0 Å². The number of hydrogen-bond acceptors (Lipinski definition) is 8. The van der Waals surface area contributed by atoms with Gasteiger partial charge in [-0.25, -0.2) is 14.5 Å². The number of anilines is 3. The van der Waals surface area contributed by atoms with Crippen molar-refractivity contribution in [3.8, 4) is 11.4 Å². The summed E-state index contributed by atoms with van der Waals surface area (Å²) < 4.78 is 17.3. The molecule has 1 unspecified atom stereocenters. The number of nitrogens with one attached hydrogen (secondary N) is 3. The van der Waals surface area contributed by atoms with Crippen LogP contribution in [0.25, 0.3) is 16.5 Å². The molecule has 2 heterocycles. The highest BCUT2D eigenvalue weighted by atomic mass is 35.5. The number of nitrogens with zero attached hydrogens (tertiary/aromatic N) is 3. The maximum Gasteiger partial charge on any atom is 0.324 e. The van der Waals surface area contributed by atoms with Gasteiger partial charge in [-0.1, -0.05) is 62.7 Å². The highest BCUT2D eigenvalue weighted by molar-refractivity contribution is 6.63. The molecule has 274 valence electrons. The van der Waals surface area contributed by atoms with E-state index < -0.39 is 5.24 Å². The first-order chi connectivity index (χ1) is 24.8. The molecule has 3 aromatic carbocycles. The van der Waals surface area contributed by atoms with Crippen molar-refractivity contribution in [2.75, 3.05) is 43.4 Å². The number of halogens is 1. The van der Waals surface area contributed by atoms with E-state index in [2.05, 4.69) is 46.4 Å². The largest absolute Gasteiger partial charge is 0.490 e. The summed E-state index contributed by atoms with van der Waals surface area (Å²) in [6, 6.07) is 24.8. The smallest absolute Gasteiger partial charge is 0.324 e. The number of rotatable bonds is 12. The third kappa shape index (κ3) is 11.4. The average molecular weight is 729 g/mol. The third-order valence-corrected chi connectivity index (χ3v) is 7.72. The van der Waals surface area contributed by atoms with E-state index in [-0.39, 0.29) is 36.7 Å². The molecule has 0 saturated carbocycles.